The zero-order valence-electron chi connectivity index (χ0n) is 7.69. The lowest BCUT2D eigenvalue weighted by molar-refractivity contribution is 0.145. The van der Waals surface area contributed by atoms with Crippen LogP contribution in [0.5, 0.6) is 0 Å². The minimum Gasteiger partial charge on any atom is -0.307 e. The predicted molar refractivity (Wildman–Crippen MR) is 45.8 cm³/mol. The van der Waals surface area contributed by atoms with Crippen LogP contribution in [-0.4, -0.2) is 23.2 Å². The van der Waals surface area contributed by atoms with Crippen LogP contribution in [0.4, 0.5) is 8.78 Å². The van der Waals surface area contributed by atoms with Crippen molar-refractivity contribution in [2.45, 2.75) is 26.8 Å². The van der Waals surface area contributed by atoms with Gasteiger partial charge in [-0.3, -0.25) is 5.10 Å². The van der Waals surface area contributed by atoms with Gasteiger partial charge in [0.1, 0.15) is 0 Å². The Labute approximate surface area is 75.5 Å². The molecule has 13 heavy (non-hydrogen) atoms. The maximum atomic E-state index is 11.8. The first-order valence-corrected chi connectivity index (χ1v) is 4.10. The van der Waals surface area contributed by atoms with Gasteiger partial charge >= 0.3 is 0 Å². The van der Waals surface area contributed by atoms with Gasteiger partial charge in [0.2, 0.25) is 0 Å². The summed E-state index contributed by atoms with van der Waals surface area (Å²) < 4.78 is 23.6. The van der Waals surface area contributed by atoms with Crippen molar-refractivity contribution >= 4 is 0 Å². The van der Waals surface area contributed by atoms with Crippen LogP contribution in [0.15, 0.2) is 0 Å². The van der Waals surface area contributed by atoms with Gasteiger partial charge in [0, 0.05) is 17.8 Å². The highest BCUT2D eigenvalue weighted by molar-refractivity contribution is 5.22. The highest BCUT2D eigenvalue weighted by Crippen LogP contribution is 2.08. The smallest absolute Gasteiger partial charge is 0.250 e. The van der Waals surface area contributed by atoms with Crippen LogP contribution in [0.1, 0.15) is 17.0 Å². The van der Waals surface area contributed by atoms with Gasteiger partial charge in [0.05, 0.1) is 12.2 Å². The Kier molecular flexibility index (Phi) is 3.36. The number of hydrogen-bond donors (Lipinski definition) is 2. The van der Waals surface area contributed by atoms with Gasteiger partial charge in [-0.15, -0.1) is 0 Å². The normalized spacial score (nSPS) is 11.2. The maximum absolute atomic E-state index is 11.8. The Morgan fingerprint density at radius 2 is 2.15 bits per heavy atom. The molecule has 74 valence electrons. The van der Waals surface area contributed by atoms with Gasteiger partial charge in [0.25, 0.3) is 6.43 Å². The van der Waals surface area contributed by atoms with Crippen molar-refractivity contribution in [2.24, 2.45) is 0 Å². The van der Waals surface area contributed by atoms with Crippen LogP contribution < -0.4 is 5.32 Å². The van der Waals surface area contributed by atoms with Crippen molar-refractivity contribution in [1.82, 2.24) is 15.5 Å². The fourth-order valence-electron chi connectivity index (χ4n) is 1.14. The number of nitrogens with zero attached hydrogens (tertiary/aromatic N) is 1. The molecular formula is C8H13F2N3. The second-order valence-electron chi connectivity index (χ2n) is 2.93. The van der Waals surface area contributed by atoms with E-state index >= 15 is 0 Å². The molecule has 0 aliphatic heterocycles. The summed E-state index contributed by atoms with van der Waals surface area (Å²) in [6, 6.07) is 0. The van der Waals surface area contributed by atoms with Crippen molar-refractivity contribution in [3.05, 3.63) is 17.0 Å². The topological polar surface area (TPSA) is 40.7 Å². The van der Waals surface area contributed by atoms with E-state index in [-0.39, 0.29) is 6.54 Å². The monoisotopic (exact) mass is 189 g/mol. The number of nitrogens with one attached hydrogen (secondary N) is 2. The highest BCUT2D eigenvalue weighted by Gasteiger charge is 2.06. The van der Waals surface area contributed by atoms with E-state index in [1.165, 1.54) is 0 Å². The van der Waals surface area contributed by atoms with Crippen molar-refractivity contribution in [2.75, 3.05) is 6.54 Å². The molecule has 3 nitrogen and oxygen atoms in total. The third-order valence-corrected chi connectivity index (χ3v) is 1.88. The maximum Gasteiger partial charge on any atom is 0.250 e. The molecule has 0 bridgehead atoms. The third-order valence-electron chi connectivity index (χ3n) is 1.88. The minimum atomic E-state index is -2.30. The molecule has 0 spiro atoms. The van der Waals surface area contributed by atoms with E-state index in [0.717, 1.165) is 17.0 Å². The summed E-state index contributed by atoms with van der Waals surface area (Å²) in [7, 11) is 0. The quantitative estimate of drug-likeness (QED) is 0.751. The summed E-state index contributed by atoms with van der Waals surface area (Å²) in [5, 5.41) is 9.42. The lowest BCUT2D eigenvalue weighted by atomic mass is 10.2. The molecule has 1 heterocycles. The second-order valence-corrected chi connectivity index (χ2v) is 2.93. The second kappa shape index (κ2) is 4.32. The van der Waals surface area contributed by atoms with Gasteiger partial charge < -0.3 is 5.32 Å². The number of H-pyrrole nitrogens is 1. The Balaban J connectivity index is 2.44. The Bertz CT molecular complexity index is 251. The van der Waals surface area contributed by atoms with E-state index in [2.05, 4.69) is 15.5 Å². The lowest BCUT2D eigenvalue weighted by Gasteiger charge is -2.03. The molecule has 0 aliphatic carbocycles. The number of aryl methyl sites for hydroxylation is 2. The summed E-state index contributed by atoms with van der Waals surface area (Å²) in [5.74, 6) is 0. The Morgan fingerprint density at radius 1 is 1.46 bits per heavy atom. The largest absolute Gasteiger partial charge is 0.307 e. The van der Waals surface area contributed by atoms with Gasteiger partial charge in [-0.25, -0.2) is 8.78 Å². The molecule has 2 N–H and O–H groups in total. The summed E-state index contributed by atoms with van der Waals surface area (Å²) in [6.07, 6.45) is -2.30. The summed E-state index contributed by atoms with van der Waals surface area (Å²) in [6.45, 7) is 3.89. The molecule has 0 saturated carbocycles. The Morgan fingerprint density at radius 3 is 2.62 bits per heavy atom. The molecule has 0 aromatic carbocycles. The molecule has 0 saturated heterocycles. The summed E-state index contributed by atoms with van der Waals surface area (Å²) in [4.78, 5) is 0. The molecule has 1 rings (SSSR count). The minimum absolute atomic E-state index is 0.274. The van der Waals surface area contributed by atoms with Crippen LogP contribution in [0.2, 0.25) is 0 Å². The van der Waals surface area contributed by atoms with Crippen LogP contribution in [0, 0.1) is 13.8 Å². The van der Waals surface area contributed by atoms with E-state index in [1.807, 2.05) is 13.8 Å². The van der Waals surface area contributed by atoms with Crippen molar-refractivity contribution in [1.29, 1.82) is 0 Å². The molecule has 0 unspecified atom stereocenters. The fraction of sp³-hybridized carbons (Fsp3) is 0.625. The third kappa shape index (κ3) is 2.77. The molecular weight excluding hydrogens is 176 g/mol. The molecule has 1 aromatic heterocycles. The van der Waals surface area contributed by atoms with Gasteiger partial charge in [-0.1, -0.05) is 0 Å². The lowest BCUT2D eigenvalue weighted by Crippen LogP contribution is -2.21. The van der Waals surface area contributed by atoms with Crippen molar-refractivity contribution < 1.29 is 8.78 Å². The van der Waals surface area contributed by atoms with Crippen LogP contribution in [0.3, 0.4) is 0 Å². The number of aromatic nitrogens is 2. The first-order valence-electron chi connectivity index (χ1n) is 4.10. The number of hydrogen-bond acceptors (Lipinski definition) is 2. The molecule has 5 heteroatoms. The number of halogens is 2. The average Bonchev–Trinajstić information content (AvgIpc) is 2.34. The molecule has 0 radical (unpaired) electrons. The zero-order valence-corrected chi connectivity index (χ0v) is 7.69. The van der Waals surface area contributed by atoms with Crippen LogP contribution in [0.25, 0.3) is 0 Å². The fourth-order valence-corrected chi connectivity index (χ4v) is 1.14. The van der Waals surface area contributed by atoms with E-state index in [0.29, 0.717) is 6.54 Å². The van der Waals surface area contributed by atoms with Crippen LogP contribution >= 0.6 is 0 Å². The summed E-state index contributed by atoms with van der Waals surface area (Å²) in [5.41, 5.74) is 2.76. The van der Waals surface area contributed by atoms with Crippen molar-refractivity contribution in [3.63, 3.8) is 0 Å². The molecule has 1 aromatic rings. The van der Waals surface area contributed by atoms with Gasteiger partial charge in [0.15, 0.2) is 0 Å². The van der Waals surface area contributed by atoms with E-state index in [9.17, 15) is 8.78 Å². The van der Waals surface area contributed by atoms with Crippen LogP contribution in [-0.2, 0) is 6.54 Å². The molecule has 0 aliphatic rings. The van der Waals surface area contributed by atoms with E-state index < -0.39 is 6.43 Å². The zero-order chi connectivity index (χ0) is 9.84. The first-order chi connectivity index (χ1) is 6.11. The summed E-state index contributed by atoms with van der Waals surface area (Å²) >= 11 is 0. The average molecular weight is 189 g/mol. The number of rotatable bonds is 4. The van der Waals surface area contributed by atoms with Gasteiger partial charge in [-0.05, 0) is 13.8 Å². The Hall–Kier alpha value is -0.970. The van der Waals surface area contributed by atoms with E-state index in [4.69, 9.17) is 0 Å². The van der Waals surface area contributed by atoms with Gasteiger partial charge in [-0.2, -0.15) is 5.10 Å². The SMILES string of the molecule is Cc1n[nH]c(C)c1CNCC(F)F. The molecule has 0 atom stereocenters. The number of aromatic amines is 1. The molecule has 0 fully saturated rings. The van der Waals surface area contributed by atoms with Crippen molar-refractivity contribution in [3.8, 4) is 0 Å². The van der Waals surface area contributed by atoms with E-state index in [1.54, 1.807) is 0 Å². The number of alkyl halides is 2. The highest BCUT2D eigenvalue weighted by atomic mass is 19.3. The first kappa shape index (κ1) is 10.1. The standard InChI is InChI=1S/C8H13F2N3/c1-5-7(6(2)13-12-5)3-11-4-8(9)10/h8,11H,3-4H2,1-2H3,(H,12,13). The molecule has 0 amide bonds. The predicted octanol–water partition coefficient (Wildman–Crippen LogP) is 1.38.